The summed E-state index contributed by atoms with van der Waals surface area (Å²) in [5, 5.41) is 3.42. The summed E-state index contributed by atoms with van der Waals surface area (Å²) >= 11 is 0. The molecule has 0 aromatic heterocycles. The number of rotatable bonds is 3. The summed E-state index contributed by atoms with van der Waals surface area (Å²) in [5.41, 5.74) is 1.82. The molecule has 1 atom stereocenters. The second kappa shape index (κ2) is 6.27. The Morgan fingerprint density at radius 2 is 1.83 bits per heavy atom. The zero-order valence-corrected chi connectivity index (χ0v) is 14.0. The van der Waals surface area contributed by atoms with E-state index in [0.717, 1.165) is 38.5 Å². The Bertz CT molecular complexity index is 542. The third kappa shape index (κ3) is 3.16. The van der Waals surface area contributed by atoms with Crippen molar-refractivity contribution in [1.82, 2.24) is 10.2 Å². The average Bonchev–Trinajstić information content (AvgIpc) is 3.29. The number of amides is 1. The predicted molar refractivity (Wildman–Crippen MR) is 92.1 cm³/mol. The second-order valence-electron chi connectivity index (χ2n) is 7.83. The molecule has 2 heterocycles. The van der Waals surface area contributed by atoms with Crippen molar-refractivity contribution in [3.63, 3.8) is 0 Å². The van der Waals surface area contributed by atoms with Gasteiger partial charge in [0.15, 0.2) is 0 Å². The Morgan fingerprint density at radius 3 is 2.52 bits per heavy atom. The highest BCUT2D eigenvalue weighted by molar-refractivity contribution is 5.82. The van der Waals surface area contributed by atoms with Gasteiger partial charge in [-0.05, 0) is 68.5 Å². The lowest BCUT2D eigenvalue weighted by Gasteiger charge is -2.33. The van der Waals surface area contributed by atoms with Gasteiger partial charge >= 0.3 is 0 Å². The lowest BCUT2D eigenvalue weighted by Crippen LogP contribution is -2.41. The monoisotopic (exact) mass is 312 g/mol. The number of piperidine rings is 2. The molecule has 4 rings (SSSR count). The standard InChI is InChI=1S/C20H28N2O/c23-19(18-15-20(18)8-10-21-11-9-20)22-12-6-17(7-13-22)14-16-4-2-1-3-5-16/h1-5,17-18,21H,6-15H2. The first-order valence-corrected chi connectivity index (χ1v) is 9.30. The molecule has 2 aliphatic heterocycles. The summed E-state index contributed by atoms with van der Waals surface area (Å²) in [6.45, 7) is 4.15. The van der Waals surface area contributed by atoms with E-state index in [1.165, 1.54) is 37.7 Å². The van der Waals surface area contributed by atoms with Crippen molar-refractivity contribution in [2.24, 2.45) is 17.3 Å². The molecular weight excluding hydrogens is 284 g/mol. The van der Waals surface area contributed by atoms with E-state index < -0.39 is 0 Å². The highest BCUT2D eigenvalue weighted by atomic mass is 16.2. The van der Waals surface area contributed by atoms with Crippen LogP contribution in [0.15, 0.2) is 30.3 Å². The number of nitrogens with zero attached hydrogens (tertiary/aromatic N) is 1. The summed E-state index contributed by atoms with van der Waals surface area (Å²) in [4.78, 5) is 15.0. The van der Waals surface area contributed by atoms with Gasteiger partial charge in [0.2, 0.25) is 5.91 Å². The Balaban J connectivity index is 1.27. The summed E-state index contributed by atoms with van der Waals surface area (Å²) in [7, 11) is 0. The lowest BCUT2D eigenvalue weighted by molar-refractivity contribution is -0.135. The van der Waals surface area contributed by atoms with E-state index in [4.69, 9.17) is 0 Å². The van der Waals surface area contributed by atoms with Crippen LogP contribution in [0.3, 0.4) is 0 Å². The van der Waals surface area contributed by atoms with Crippen molar-refractivity contribution >= 4 is 5.91 Å². The molecule has 1 unspecified atom stereocenters. The van der Waals surface area contributed by atoms with Crippen molar-refractivity contribution in [3.8, 4) is 0 Å². The minimum Gasteiger partial charge on any atom is -0.342 e. The Hall–Kier alpha value is -1.35. The zero-order valence-electron chi connectivity index (χ0n) is 14.0. The molecule has 3 heteroatoms. The van der Waals surface area contributed by atoms with Gasteiger partial charge < -0.3 is 10.2 Å². The number of hydrogen-bond acceptors (Lipinski definition) is 2. The number of nitrogens with one attached hydrogen (secondary N) is 1. The van der Waals surface area contributed by atoms with Gasteiger partial charge in [-0.2, -0.15) is 0 Å². The van der Waals surface area contributed by atoms with E-state index in [1.807, 2.05) is 0 Å². The minimum atomic E-state index is 0.343. The molecular formula is C20H28N2O. The third-order valence-electron chi connectivity index (χ3n) is 6.38. The van der Waals surface area contributed by atoms with Gasteiger partial charge in [0.1, 0.15) is 0 Å². The van der Waals surface area contributed by atoms with Crippen LogP contribution < -0.4 is 5.32 Å². The van der Waals surface area contributed by atoms with Gasteiger partial charge in [-0.1, -0.05) is 30.3 Å². The van der Waals surface area contributed by atoms with Crippen LogP contribution in [0.2, 0.25) is 0 Å². The highest BCUT2D eigenvalue weighted by Crippen LogP contribution is 2.59. The second-order valence-corrected chi connectivity index (χ2v) is 7.83. The van der Waals surface area contributed by atoms with E-state index in [9.17, 15) is 4.79 Å². The Morgan fingerprint density at radius 1 is 1.13 bits per heavy atom. The first-order chi connectivity index (χ1) is 11.3. The molecule has 3 fully saturated rings. The van der Waals surface area contributed by atoms with E-state index in [2.05, 4.69) is 40.5 Å². The van der Waals surface area contributed by atoms with Crippen LogP contribution in [0.25, 0.3) is 0 Å². The van der Waals surface area contributed by atoms with Gasteiger partial charge in [0.05, 0.1) is 0 Å². The third-order valence-corrected chi connectivity index (χ3v) is 6.38. The van der Waals surface area contributed by atoms with Crippen LogP contribution in [-0.2, 0) is 11.2 Å². The molecule has 0 bridgehead atoms. The normalized spacial score (nSPS) is 27.1. The zero-order chi connectivity index (χ0) is 15.7. The van der Waals surface area contributed by atoms with Crippen molar-refractivity contribution in [1.29, 1.82) is 0 Å². The fraction of sp³-hybridized carbons (Fsp3) is 0.650. The number of carbonyl (C=O) groups excluding carboxylic acids is 1. The van der Waals surface area contributed by atoms with Crippen LogP contribution in [0.5, 0.6) is 0 Å². The van der Waals surface area contributed by atoms with E-state index >= 15 is 0 Å². The SMILES string of the molecule is O=C(C1CC12CCNCC2)N1CCC(Cc2ccccc2)CC1. The van der Waals surface area contributed by atoms with Crippen LogP contribution in [0.4, 0.5) is 0 Å². The fourth-order valence-corrected chi connectivity index (χ4v) is 4.70. The van der Waals surface area contributed by atoms with E-state index in [-0.39, 0.29) is 0 Å². The number of benzene rings is 1. The Labute approximate surface area is 139 Å². The van der Waals surface area contributed by atoms with Gasteiger partial charge in [-0.3, -0.25) is 4.79 Å². The van der Waals surface area contributed by atoms with Crippen molar-refractivity contribution < 1.29 is 4.79 Å². The Kier molecular flexibility index (Phi) is 4.14. The van der Waals surface area contributed by atoms with Gasteiger partial charge in [-0.15, -0.1) is 0 Å². The average molecular weight is 312 g/mol. The van der Waals surface area contributed by atoms with Crippen LogP contribution >= 0.6 is 0 Å². The highest BCUT2D eigenvalue weighted by Gasteiger charge is 2.58. The quantitative estimate of drug-likeness (QED) is 0.931. The van der Waals surface area contributed by atoms with Crippen LogP contribution in [-0.4, -0.2) is 37.0 Å². The summed E-state index contributed by atoms with van der Waals surface area (Å²) in [6, 6.07) is 10.8. The molecule has 23 heavy (non-hydrogen) atoms. The number of carbonyl (C=O) groups is 1. The maximum Gasteiger partial charge on any atom is 0.226 e. The number of likely N-dealkylation sites (tertiary alicyclic amines) is 1. The molecule has 3 nitrogen and oxygen atoms in total. The molecule has 3 aliphatic rings. The molecule has 1 aromatic carbocycles. The van der Waals surface area contributed by atoms with Crippen LogP contribution in [0.1, 0.15) is 37.7 Å². The number of hydrogen-bond donors (Lipinski definition) is 1. The van der Waals surface area contributed by atoms with Gasteiger partial charge in [-0.25, -0.2) is 0 Å². The first kappa shape index (κ1) is 15.2. The first-order valence-electron chi connectivity index (χ1n) is 9.30. The molecule has 1 saturated carbocycles. The molecule has 1 spiro atoms. The topological polar surface area (TPSA) is 32.3 Å². The van der Waals surface area contributed by atoms with Gasteiger partial charge in [0.25, 0.3) is 0 Å². The minimum absolute atomic E-state index is 0.343. The van der Waals surface area contributed by atoms with Crippen molar-refractivity contribution in [2.75, 3.05) is 26.2 Å². The molecule has 1 aromatic rings. The molecule has 1 aliphatic carbocycles. The maximum atomic E-state index is 12.8. The van der Waals surface area contributed by atoms with E-state index in [1.54, 1.807) is 0 Å². The molecule has 0 radical (unpaired) electrons. The molecule has 1 amide bonds. The van der Waals surface area contributed by atoms with Crippen molar-refractivity contribution in [3.05, 3.63) is 35.9 Å². The summed E-state index contributed by atoms with van der Waals surface area (Å²) in [5.74, 6) is 1.55. The summed E-state index contributed by atoms with van der Waals surface area (Å²) < 4.78 is 0. The maximum absolute atomic E-state index is 12.8. The van der Waals surface area contributed by atoms with Gasteiger partial charge in [0, 0.05) is 19.0 Å². The fourth-order valence-electron chi connectivity index (χ4n) is 4.70. The predicted octanol–water partition coefficient (Wildman–Crippen LogP) is 2.86. The molecule has 1 N–H and O–H groups in total. The van der Waals surface area contributed by atoms with Crippen molar-refractivity contribution in [2.45, 2.75) is 38.5 Å². The van der Waals surface area contributed by atoms with Crippen LogP contribution in [0, 0.1) is 17.3 Å². The lowest BCUT2D eigenvalue weighted by atomic mass is 9.89. The van der Waals surface area contributed by atoms with E-state index in [0.29, 0.717) is 17.2 Å². The largest absolute Gasteiger partial charge is 0.342 e. The molecule has 124 valence electrons. The molecule has 2 saturated heterocycles. The smallest absolute Gasteiger partial charge is 0.226 e. The summed E-state index contributed by atoms with van der Waals surface area (Å²) in [6.07, 6.45) is 7.06.